The number of nitrogens with one attached hydrogen (secondary N) is 1. The normalized spacial score (nSPS) is 12.9. The van der Waals surface area contributed by atoms with Crippen LogP contribution in [0.25, 0.3) is 0 Å². The quantitative estimate of drug-likeness (QED) is 0.0322. The Balaban J connectivity index is 3.42. The Hall–Kier alpha value is -1.92. The van der Waals surface area contributed by atoms with Gasteiger partial charge in [-0.3, -0.25) is 9.59 Å². The second kappa shape index (κ2) is 49.7. The summed E-state index contributed by atoms with van der Waals surface area (Å²) in [4.78, 5) is 24.4. The highest BCUT2D eigenvalue weighted by Crippen LogP contribution is 2.16. The second-order valence-corrected chi connectivity index (χ2v) is 17.9. The van der Waals surface area contributed by atoms with Crippen LogP contribution in [0.4, 0.5) is 0 Å². The molecule has 2 atom stereocenters. The summed E-state index contributed by atoms with van der Waals surface area (Å²) >= 11 is 0. The van der Waals surface area contributed by atoms with Crippen LogP contribution in [0, 0.1) is 0 Å². The van der Waals surface area contributed by atoms with Gasteiger partial charge in [-0.1, -0.05) is 230 Å². The van der Waals surface area contributed by atoms with Crippen molar-refractivity contribution in [3.63, 3.8) is 0 Å². The van der Waals surface area contributed by atoms with E-state index in [-0.39, 0.29) is 18.5 Å². The Labute approximate surface area is 373 Å². The zero-order valence-corrected chi connectivity index (χ0v) is 39.9. The fourth-order valence-electron chi connectivity index (χ4n) is 7.84. The van der Waals surface area contributed by atoms with Gasteiger partial charge in [0.2, 0.25) is 5.91 Å². The third-order valence-electron chi connectivity index (χ3n) is 11.9. The topological polar surface area (TPSA) is 95.9 Å². The van der Waals surface area contributed by atoms with E-state index < -0.39 is 12.1 Å². The van der Waals surface area contributed by atoms with Crippen molar-refractivity contribution >= 4 is 11.9 Å². The first-order valence-corrected chi connectivity index (χ1v) is 26.3. The molecule has 0 fully saturated rings. The number of aliphatic hydroxyl groups is 2. The lowest BCUT2D eigenvalue weighted by molar-refractivity contribution is -0.143. The molecule has 0 aliphatic heterocycles. The maximum atomic E-state index is 12.4. The third kappa shape index (κ3) is 45.6. The molecule has 352 valence electrons. The standard InChI is InChI=1S/C54H101NO5/c1-3-5-7-9-11-13-14-15-16-17-18-22-25-28-32-36-40-44-48-54(59)60-49-45-41-37-33-29-26-23-20-19-21-24-27-31-35-39-43-47-53(58)55-51(50-56)52(57)46-42-38-34-30-12-10-8-6-4-2/h13-14,16-17,42,46,51-52,56-57H,3-12,15,18-41,43-45,47-50H2,1-2H3,(H,55,58)/b14-13-,17-16-,46-42+. The van der Waals surface area contributed by atoms with Crippen molar-refractivity contribution in [1.82, 2.24) is 5.32 Å². The SMILES string of the molecule is CCCCCC/C=C\C/C=C\CCCCCCCCCC(=O)OCCCCCCCCCCCCCCCCCCC(=O)NC(CO)C(O)/C=C/CCCCCCCCC. The Morgan fingerprint density at radius 1 is 0.467 bits per heavy atom. The lowest BCUT2D eigenvalue weighted by Crippen LogP contribution is -2.45. The summed E-state index contributed by atoms with van der Waals surface area (Å²) in [5.41, 5.74) is 0. The molecule has 0 rings (SSSR count). The number of ether oxygens (including phenoxy) is 1. The van der Waals surface area contributed by atoms with E-state index in [0.29, 0.717) is 19.4 Å². The number of rotatable bonds is 48. The van der Waals surface area contributed by atoms with Gasteiger partial charge in [0, 0.05) is 12.8 Å². The highest BCUT2D eigenvalue weighted by atomic mass is 16.5. The van der Waals surface area contributed by atoms with Crippen molar-refractivity contribution in [1.29, 1.82) is 0 Å². The number of aliphatic hydroxyl groups excluding tert-OH is 2. The molecular weight excluding hydrogens is 743 g/mol. The Morgan fingerprint density at radius 2 is 0.833 bits per heavy atom. The van der Waals surface area contributed by atoms with Crippen LogP contribution in [0.3, 0.4) is 0 Å². The minimum atomic E-state index is -0.847. The Kier molecular flexibility index (Phi) is 48.1. The molecular formula is C54H101NO5. The van der Waals surface area contributed by atoms with Gasteiger partial charge < -0.3 is 20.3 Å². The molecule has 0 spiro atoms. The van der Waals surface area contributed by atoms with Gasteiger partial charge in [0.05, 0.1) is 25.4 Å². The molecule has 0 bridgehead atoms. The summed E-state index contributed by atoms with van der Waals surface area (Å²) < 4.78 is 5.47. The van der Waals surface area contributed by atoms with Crippen molar-refractivity contribution in [2.24, 2.45) is 0 Å². The summed E-state index contributed by atoms with van der Waals surface area (Å²) in [5, 5.41) is 22.9. The monoisotopic (exact) mass is 844 g/mol. The molecule has 6 nitrogen and oxygen atoms in total. The molecule has 0 aromatic heterocycles. The average Bonchev–Trinajstić information content (AvgIpc) is 3.25. The lowest BCUT2D eigenvalue weighted by Gasteiger charge is -2.20. The van der Waals surface area contributed by atoms with E-state index >= 15 is 0 Å². The number of carbonyl (C=O) groups excluding carboxylic acids is 2. The van der Waals surface area contributed by atoms with Crippen molar-refractivity contribution in [3.8, 4) is 0 Å². The third-order valence-corrected chi connectivity index (χ3v) is 11.9. The van der Waals surface area contributed by atoms with E-state index in [1.54, 1.807) is 6.08 Å². The van der Waals surface area contributed by atoms with E-state index in [4.69, 9.17) is 4.74 Å². The smallest absolute Gasteiger partial charge is 0.305 e. The first kappa shape index (κ1) is 58.1. The molecule has 0 saturated heterocycles. The largest absolute Gasteiger partial charge is 0.466 e. The summed E-state index contributed by atoms with van der Waals surface area (Å²) in [7, 11) is 0. The van der Waals surface area contributed by atoms with E-state index in [1.807, 2.05) is 6.08 Å². The number of hydrogen-bond acceptors (Lipinski definition) is 5. The van der Waals surface area contributed by atoms with Crippen LogP contribution in [-0.2, 0) is 14.3 Å². The highest BCUT2D eigenvalue weighted by Gasteiger charge is 2.18. The molecule has 0 aliphatic rings. The molecule has 0 aromatic carbocycles. The first-order chi connectivity index (χ1) is 29.5. The molecule has 1 amide bonds. The van der Waals surface area contributed by atoms with Crippen molar-refractivity contribution in [3.05, 3.63) is 36.5 Å². The van der Waals surface area contributed by atoms with Crippen molar-refractivity contribution in [2.75, 3.05) is 13.2 Å². The predicted molar refractivity (Wildman–Crippen MR) is 259 cm³/mol. The second-order valence-electron chi connectivity index (χ2n) is 17.9. The number of amides is 1. The van der Waals surface area contributed by atoms with E-state index in [2.05, 4.69) is 43.5 Å². The van der Waals surface area contributed by atoms with Gasteiger partial charge in [0.25, 0.3) is 0 Å². The van der Waals surface area contributed by atoms with Gasteiger partial charge in [-0.25, -0.2) is 0 Å². The molecule has 0 heterocycles. The van der Waals surface area contributed by atoms with Crippen LogP contribution in [0.15, 0.2) is 36.5 Å². The molecule has 3 N–H and O–H groups in total. The average molecular weight is 844 g/mol. The van der Waals surface area contributed by atoms with Crippen LogP contribution < -0.4 is 5.32 Å². The molecule has 0 aliphatic carbocycles. The molecule has 0 radical (unpaired) electrons. The zero-order chi connectivity index (χ0) is 43.7. The maximum absolute atomic E-state index is 12.4. The van der Waals surface area contributed by atoms with E-state index in [1.165, 1.54) is 186 Å². The number of carbonyl (C=O) groups is 2. The fraction of sp³-hybridized carbons (Fsp3) is 0.852. The van der Waals surface area contributed by atoms with Crippen LogP contribution in [0.1, 0.15) is 271 Å². The lowest BCUT2D eigenvalue weighted by atomic mass is 10.0. The zero-order valence-electron chi connectivity index (χ0n) is 39.9. The van der Waals surface area contributed by atoms with Gasteiger partial charge in [-0.15, -0.1) is 0 Å². The van der Waals surface area contributed by atoms with Crippen molar-refractivity contribution in [2.45, 2.75) is 283 Å². The molecule has 6 heteroatoms. The molecule has 2 unspecified atom stereocenters. The van der Waals surface area contributed by atoms with Gasteiger partial charge >= 0.3 is 5.97 Å². The van der Waals surface area contributed by atoms with Gasteiger partial charge in [0.1, 0.15) is 0 Å². The maximum Gasteiger partial charge on any atom is 0.305 e. The van der Waals surface area contributed by atoms with Crippen molar-refractivity contribution < 1.29 is 24.5 Å². The van der Waals surface area contributed by atoms with E-state index in [9.17, 15) is 19.8 Å². The van der Waals surface area contributed by atoms with Crippen LogP contribution in [-0.4, -0.2) is 47.4 Å². The van der Waals surface area contributed by atoms with Crippen LogP contribution >= 0.6 is 0 Å². The van der Waals surface area contributed by atoms with Gasteiger partial charge in [0.15, 0.2) is 0 Å². The molecule has 60 heavy (non-hydrogen) atoms. The van der Waals surface area contributed by atoms with Gasteiger partial charge in [-0.2, -0.15) is 0 Å². The Morgan fingerprint density at radius 3 is 1.28 bits per heavy atom. The fourth-order valence-corrected chi connectivity index (χ4v) is 7.84. The number of hydrogen-bond donors (Lipinski definition) is 3. The number of allylic oxidation sites excluding steroid dienone is 5. The minimum Gasteiger partial charge on any atom is -0.466 e. The van der Waals surface area contributed by atoms with Crippen LogP contribution in [0.5, 0.6) is 0 Å². The summed E-state index contributed by atoms with van der Waals surface area (Å²) in [6.07, 6.45) is 60.1. The number of esters is 1. The predicted octanol–water partition coefficient (Wildman–Crippen LogP) is 15.7. The summed E-state index contributed by atoms with van der Waals surface area (Å²) in [6.45, 7) is 4.84. The molecule has 0 aromatic rings. The highest BCUT2D eigenvalue weighted by molar-refractivity contribution is 5.76. The van der Waals surface area contributed by atoms with Gasteiger partial charge in [-0.05, 0) is 64.2 Å². The molecule has 0 saturated carbocycles. The Bertz CT molecular complexity index is 977. The minimum absolute atomic E-state index is 0.00603. The van der Waals surface area contributed by atoms with E-state index in [0.717, 1.165) is 57.8 Å². The number of unbranched alkanes of at least 4 members (excludes halogenated alkanes) is 33. The summed E-state index contributed by atoms with van der Waals surface area (Å²) in [5.74, 6) is -0.0845. The van der Waals surface area contributed by atoms with Crippen LogP contribution in [0.2, 0.25) is 0 Å². The summed E-state index contributed by atoms with van der Waals surface area (Å²) in [6, 6.07) is -0.631. The first-order valence-electron chi connectivity index (χ1n) is 26.3.